The maximum atomic E-state index is 14.0. The van der Waals surface area contributed by atoms with Crippen LogP contribution in [0.15, 0.2) is 78.0 Å². The SMILES string of the molecule is CCCCC1(CCCC)CS(=O)(=O)c2ccc(N(C)C)cc2[C@@H](c2ccc(C[n+]3ccccc3)cc2)[C@H]1O. The summed E-state index contributed by atoms with van der Waals surface area (Å²) in [6.07, 6.45) is 8.43. The second-order valence-corrected chi connectivity index (χ2v) is 13.1. The van der Waals surface area contributed by atoms with Crippen LogP contribution in [0.25, 0.3) is 0 Å². The number of aliphatic hydroxyl groups excluding tert-OH is 1. The summed E-state index contributed by atoms with van der Waals surface area (Å²) in [6.45, 7) is 5.01. The van der Waals surface area contributed by atoms with E-state index in [9.17, 15) is 13.5 Å². The summed E-state index contributed by atoms with van der Waals surface area (Å²) in [5.74, 6) is -0.427. The summed E-state index contributed by atoms with van der Waals surface area (Å²) in [5.41, 5.74) is 3.08. The van der Waals surface area contributed by atoms with Crippen molar-refractivity contribution in [3.05, 3.63) is 89.7 Å². The van der Waals surface area contributed by atoms with Crippen molar-refractivity contribution in [1.82, 2.24) is 0 Å². The highest BCUT2D eigenvalue weighted by Crippen LogP contribution is 2.50. The topological polar surface area (TPSA) is 61.5 Å². The average molecular weight is 536 g/mol. The smallest absolute Gasteiger partial charge is 0.179 e. The first-order valence-corrected chi connectivity index (χ1v) is 15.6. The Morgan fingerprint density at radius 1 is 0.947 bits per heavy atom. The zero-order chi connectivity index (χ0) is 27.3. The van der Waals surface area contributed by atoms with Gasteiger partial charge in [0.2, 0.25) is 0 Å². The Hall–Kier alpha value is -2.70. The Morgan fingerprint density at radius 2 is 1.58 bits per heavy atom. The lowest BCUT2D eigenvalue weighted by Gasteiger charge is -2.40. The van der Waals surface area contributed by atoms with E-state index in [1.54, 1.807) is 6.07 Å². The number of sulfone groups is 1. The number of hydrogen-bond acceptors (Lipinski definition) is 4. The molecule has 3 aromatic rings. The first-order valence-electron chi connectivity index (χ1n) is 14.0. The van der Waals surface area contributed by atoms with Gasteiger partial charge in [0.1, 0.15) is 0 Å². The van der Waals surface area contributed by atoms with Crippen LogP contribution in [0.2, 0.25) is 0 Å². The molecule has 38 heavy (non-hydrogen) atoms. The van der Waals surface area contributed by atoms with Gasteiger partial charge in [-0.05, 0) is 42.2 Å². The Labute approximate surface area is 229 Å². The molecule has 0 spiro atoms. The van der Waals surface area contributed by atoms with E-state index < -0.39 is 27.3 Å². The van der Waals surface area contributed by atoms with E-state index in [1.165, 1.54) is 0 Å². The van der Waals surface area contributed by atoms with Gasteiger partial charge >= 0.3 is 0 Å². The normalized spacial score (nSPS) is 19.9. The third-order valence-corrected chi connectivity index (χ3v) is 10.1. The van der Waals surface area contributed by atoms with Crippen molar-refractivity contribution in [2.75, 3.05) is 24.7 Å². The molecule has 1 N–H and O–H groups in total. The Bertz CT molecular complexity index is 1300. The molecular formula is C32H43N2O3S+. The largest absolute Gasteiger partial charge is 0.392 e. The minimum absolute atomic E-state index is 0.00525. The molecule has 0 unspecified atom stereocenters. The van der Waals surface area contributed by atoms with E-state index in [1.807, 2.05) is 61.7 Å². The second kappa shape index (κ2) is 12.0. The number of pyridine rings is 1. The standard InChI is InChI=1S/C32H43N2O3S/c1-5-7-18-32(19-8-6-2)24-38(36,37)29-17-16-27(33(3)4)22-28(29)30(31(32)35)26-14-12-25(13-15-26)23-34-20-10-9-11-21-34/h9-17,20-22,30-31,35H,5-8,18-19,23-24H2,1-4H3/q+1/t30-,31-/m1/s1. The summed E-state index contributed by atoms with van der Waals surface area (Å²) >= 11 is 0. The number of fused-ring (bicyclic) bond motifs is 1. The van der Waals surface area contributed by atoms with Gasteiger partial charge < -0.3 is 10.0 Å². The fraction of sp³-hybridized carbons (Fsp3) is 0.469. The van der Waals surface area contributed by atoms with Crippen molar-refractivity contribution in [2.24, 2.45) is 5.41 Å². The first-order chi connectivity index (χ1) is 18.2. The molecule has 1 aromatic heterocycles. The number of hydrogen-bond donors (Lipinski definition) is 1. The van der Waals surface area contributed by atoms with Crippen LogP contribution in [0, 0.1) is 5.41 Å². The number of rotatable bonds is 10. The molecule has 0 amide bonds. The van der Waals surface area contributed by atoms with E-state index in [0.29, 0.717) is 23.3 Å². The van der Waals surface area contributed by atoms with Gasteiger partial charge in [0.05, 0.1) is 16.8 Å². The van der Waals surface area contributed by atoms with Crippen LogP contribution in [0.1, 0.15) is 75.0 Å². The molecule has 0 bridgehead atoms. The monoisotopic (exact) mass is 535 g/mol. The van der Waals surface area contributed by atoms with Crippen LogP contribution >= 0.6 is 0 Å². The van der Waals surface area contributed by atoms with Crippen molar-refractivity contribution >= 4 is 15.5 Å². The minimum atomic E-state index is -3.59. The number of aromatic nitrogens is 1. The van der Waals surface area contributed by atoms with Crippen LogP contribution < -0.4 is 9.47 Å². The lowest BCUT2D eigenvalue weighted by Crippen LogP contribution is -2.43. The molecule has 0 saturated heterocycles. The highest BCUT2D eigenvalue weighted by molar-refractivity contribution is 7.91. The Balaban J connectivity index is 1.86. The zero-order valence-corrected chi connectivity index (χ0v) is 24.1. The molecule has 0 fully saturated rings. The third kappa shape index (κ3) is 5.97. The molecule has 0 saturated carbocycles. The number of anilines is 1. The molecule has 2 aromatic carbocycles. The minimum Gasteiger partial charge on any atom is -0.392 e. The van der Waals surface area contributed by atoms with Gasteiger partial charge in [-0.2, -0.15) is 0 Å². The van der Waals surface area contributed by atoms with Gasteiger partial charge in [0.15, 0.2) is 28.8 Å². The van der Waals surface area contributed by atoms with Crippen molar-refractivity contribution in [3.8, 4) is 0 Å². The fourth-order valence-corrected chi connectivity index (χ4v) is 8.16. The van der Waals surface area contributed by atoms with E-state index in [-0.39, 0.29) is 5.75 Å². The van der Waals surface area contributed by atoms with Gasteiger partial charge in [0, 0.05) is 48.8 Å². The summed E-state index contributed by atoms with van der Waals surface area (Å²) < 4.78 is 30.1. The van der Waals surface area contributed by atoms with Gasteiger partial charge in [0.25, 0.3) is 0 Å². The lowest BCUT2D eigenvalue weighted by molar-refractivity contribution is -0.688. The number of unbranched alkanes of at least 4 members (excludes halogenated alkanes) is 2. The molecule has 2 atom stereocenters. The molecule has 204 valence electrons. The summed E-state index contributed by atoms with van der Waals surface area (Å²) in [7, 11) is 0.325. The van der Waals surface area contributed by atoms with Crippen LogP contribution in [0.3, 0.4) is 0 Å². The predicted molar refractivity (Wildman–Crippen MR) is 154 cm³/mol. The molecule has 4 rings (SSSR count). The average Bonchev–Trinajstić information content (AvgIpc) is 2.98. The van der Waals surface area contributed by atoms with Gasteiger partial charge in [-0.3, -0.25) is 0 Å². The Kier molecular flexibility index (Phi) is 8.94. The van der Waals surface area contributed by atoms with Crippen LogP contribution in [-0.4, -0.2) is 39.5 Å². The lowest BCUT2D eigenvalue weighted by atomic mass is 9.68. The van der Waals surface area contributed by atoms with Crippen LogP contribution in [0.4, 0.5) is 5.69 Å². The zero-order valence-electron chi connectivity index (χ0n) is 23.3. The molecule has 0 radical (unpaired) electrons. The molecular weight excluding hydrogens is 492 g/mol. The summed E-state index contributed by atoms with van der Waals surface area (Å²) in [4.78, 5) is 2.36. The molecule has 1 aliphatic rings. The molecule has 5 nitrogen and oxygen atoms in total. The molecule has 6 heteroatoms. The first kappa shape index (κ1) is 28.3. The maximum absolute atomic E-state index is 14.0. The number of benzene rings is 2. The van der Waals surface area contributed by atoms with E-state index in [2.05, 4.69) is 42.7 Å². The van der Waals surface area contributed by atoms with Crippen LogP contribution in [-0.2, 0) is 16.4 Å². The van der Waals surface area contributed by atoms with Crippen molar-refractivity contribution in [2.45, 2.75) is 75.8 Å². The third-order valence-electron chi connectivity index (χ3n) is 8.14. The molecule has 1 aliphatic heterocycles. The predicted octanol–water partition coefficient (Wildman–Crippen LogP) is 5.74. The Morgan fingerprint density at radius 3 is 2.16 bits per heavy atom. The summed E-state index contributed by atoms with van der Waals surface area (Å²) in [6, 6.07) is 20.0. The van der Waals surface area contributed by atoms with Crippen molar-refractivity contribution in [1.29, 1.82) is 0 Å². The highest BCUT2D eigenvalue weighted by Gasteiger charge is 2.49. The van der Waals surface area contributed by atoms with Gasteiger partial charge in [-0.25, -0.2) is 13.0 Å². The highest BCUT2D eigenvalue weighted by atomic mass is 32.2. The fourth-order valence-electron chi connectivity index (χ4n) is 5.97. The quantitative estimate of drug-likeness (QED) is 0.337. The van der Waals surface area contributed by atoms with E-state index in [4.69, 9.17) is 0 Å². The van der Waals surface area contributed by atoms with Gasteiger partial charge in [-0.1, -0.05) is 69.9 Å². The summed E-state index contributed by atoms with van der Waals surface area (Å²) in [5, 5.41) is 12.3. The second-order valence-electron chi connectivity index (χ2n) is 11.2. The van der Waals surface area contributed by atoms with Crippen molar-refractivity contribution < 1.29 is 18.1 Å². The van der Waals surface area contributed by atoms with Crippen LogP contribution in [0.5, 0.6) is 0 Å². The molecule has 0 aliphatic carbocycles. The van der Waals surface area contributed by atoms with E-state index >= 15 is 0 Å². The number of aliphatic hydroxyl groups is 1. The number of nitrogens with zero attached hydrogens (tertiary/aromatic N) is 2. The van der Waals surface area contributed by atoms with Gasteiger partial charge in [-0.15, -0.1) is 0 Å². The maximum Gasteiger partial charge on any atom is 0.179 e. The van der Waals surface area contributed by atoms with Crippen molar-refractivity contribution in [3.63, 3.8) is 0 Å². The molecule has 2 heterocycles. The van der Waals surface area contributed by atoms with E-state index in [0.717, 1.165) is 49.0 Å².